The van der Waals surface area contributed by atoms with Crippen LogP contribution >= 0.6 is 11.3 Å². The molecule has 1 heterocycles. The van der Waals surface area contributed by atoms with Crippen LogP contribution in [-0.2, 0) is 10.2 Å². The number of halogens is 1. The Morgan fingerprint density at radius 1 is 1.36 bits per heavy atom. The number of H-pyrrole nitrogens is 1. The molecule has 0 saturated carbocycles. The first-order chi connectivity index (χ1) is 6.47. The van der Waals surface area contributed by atoms with Crippen LogP contribution in [0.1, 0.15) is 0 Å². The molecule has 0 saturated heterocycles. The van der Waals surface area contributed by atoms with E-state index in [-0.39, 0.29) is 4.87 Å². The lowest BCUT2D eigenvalue weighted by molar-refractivity contribution is 0.552. The minimum Gasteiger partial charge on any atom is -0.312 e. The van der Waals surface area contributed by atoms with Crippen LogP contribution in [0, 0.1) is 0 Å². The van der Waals surface area contributed by atoms with E-state index in [1.54, 1.807) is 0 Å². The molecule has 0 atom stereocenters. The maximum absolute atomic E-state index is 12.5. The average Bonchev–Trinajstić information content (AvgIpc) is 2.41. The van der Waals surface area contributed by atoms with E-state index in [0.717, 1.165) is 23.5 Å². The van der Waals surface area contributed by atoms with Gasteiger partial charge in [-0.05, 0) is 18.2 Å². The number of rotatable bonds is 1. The molecule has 2 aromatic rings. The fraction of sp³-hybridized carbons (Fsp3) is 0. The number of aromatic nitrogens is 1. The lowest BCUT2D eigenvalue weighted by atomic mass is 10.3. The Bertz CT molecular complexity index is 640. The topological polar surface area (TPSA) is 67.0 Å². The standard InChI is InChI=1S/C7H4FNO3S2/c8-14(11,12)4-1-2-5-6(3-4)13-7(10)9-5/h1-3H,(H,9,10). The Labute approximate surface area is 82.2 Å². The van der Waals surface area contributed by atoms with Crippen LogP contribution in [0.25, 0.3) is 10.2 Å². The molecule has 0 radical (unpaired) electrons. The summed E-state index contributed by atoms with van der Waals surface area (Å²) in [6.07, 6.45) is 0. The van der Waals surface area contributed by atoms with Crippen molar-refractivity contribution < 1.29 is 12.3 Å². The van der Waals surface area contributed by atoms with Crippen molar-refractivity contribution in [2.24, 2.45) is 0 Å². The summed E-state index contributed by atoms with van der Waals surface area (Å²) in [6, 6.07) is 3.60. The van der Waals surface area contributed by atoms with Crippen molar-refractivity contribution in [3.63, 3.8) is 0 Å². The van der Waals surface area contributed by atoms with Gasteiger partial charge in [-0.2, -0.15) is 8.42 Å². The zero-order valence-corrected chi connectivity index (χ0v) is 8.28. The molecular weight excluding hydrogens is 229 g/mol. The van der Waals surface area contributed by atoms with Gasteiger partial charge in [-0.3, -0.25) is 4.79 Å². The summed E-state index contributed by atoms with van der Waals surface area (Å²) in [7, 11) is -4.69. The van der Waals surface area contributed by atoms with Gasteiger partial charge in [0.15, 0.2) is 0 Å². The minimum atomic E-state index is -4.69. The van der Waals surface area contributed by atoms with E-state index in [0.29, 0.717) is 10.2 Å². The lowest BCUT2D eigenvalue weighted by Gasteiger charge is -1.93. The van der Waals surface area contributed by atoms with Crippen LogP contribution in [0.3, 0.4) is 0 Å². The van der Waals surface area contributed by atoms with E-state index < -0.39 is 15.1 Å². The highest BCUT2D eigenvalue weighted by molar-refractivity contribution is 7.86. The Morgan fingerprint density at radius 3 is 2.71 bits per heavy atom. The first-order valence-corrected chi connectivity index (χ1v) is 5.74. The number of hydrogen-bond acceptors (Lipinski definition) is 4. The van der Waals surface area contributed by atoms with E-state index in [2.05, 4.69) is 4.98 Å². The average molecular weight is 233 g/mol. The Balaban J connectivity index is 2.80. The van der Waals surface area contributed by atoms with Gasteiger partial charge in [0, 0.05) is 0 Å². The van der Waals surface area contributed by atoms with Crippen LogP contribution < -0.4 is 4.87 Å². The van der Waals surface area contributed by atoms with E-state index in [1.807, 2.05) is 0 Å². The second-order valence-electron chi connectivity index (χ2n) is 2.61. The number of benzene rings is 1. The third-order valence-electron chi connectivity index (χ3n) is 1.67. The van der Waals surface area contributed by atoms with Crippen molar-refractivity contribution in [1.82, 2.24) is 4.98 Å². The van der Waals surface area contributed by atoms with E-state index in [4.69, 9.17) is 0 Å². The SMILES string of the molecule is O=c1[nH]c2ccc(S(=O)(=O)F)cc2s1. The number of hydrogen-bond donors (Lipinski definition) is 1. The summed E-state index contributed by atoms with van der Waals surface area (Å²) in [5.41, 5.74) is 0.507. The summed E-state index contributed by atoms with van der Waals surface area (Å²) in [5.74, 6) is 0. The first-order valence-electron chi connectivity index (χ1n) is 3.54. The molecule has 1 aromatic carbocycles. The normalized spacial score (nSPS) is 12.1. The molecule has 74 valence electrons. The van der Waals surface area contributed by atoms with Crippen molar-refractivity contribution >= 4 is 31.8 Å². The van der Waals surface area contributed by atoms with Crippen LogP contribution in [-0.4, -0.2) is 13.4 Å². The summed E-state index contributed by atoms with van der Waals surface area (Å²) >= 11 is 0.840. The van der Waals surface area contributed by atoms with E-state index in [9.17, 15) is 17.1 Å². The number of thiazole rings is 1. The fourth-order valence-corrected chi connectivity index (χ4v) is 2.42. The molecule has 14 heavy (non-hydrogen) atoms. The van der Waals surface area contributed by atoms with Gasteiger partial charge in [0.05, 0.1) is 10.2 Å². The maximum atomic E-state index is 12.5. The Kier molecular flexibility index (Phi) is 1.93. The van der Waals surface area contributed by atoms with Gasteiger partial charge in [-0.15, -0.1) is 3.89 Å². The van der Waals surface area contributed by atoms with Gasteiger partial charge in [0.25, 0.3) is 0 Å². The summed E-state index contributed by atoms with van der Waals surface area (Å²) < 4.78 is 34.0. The molecule has 1 N–H and O–H groups in total. The smallest absolute Gasteiger partial charge is 0.312 e. The largest absolute Gasteiger partial charge is 0.332 e. The second-order valence-corrected chi connectivity index (χ2v) is 4.97. The predicted octanol–water partition coefficient (Wildman–Crippen LogP) is 1.25. The highest BCUT2D eigenvalue weighted by Gasteiger charge is 2.12. The van der Waals surface area contributed by atoms with Gasteiger partial charge in [-0.25, -0.2) is 0 Å². The Morgan fingerprint density at radius 2 is 2.07 bits per heavy atom. The molecule has 0 fully saturated rings. The quantitative estimate of drug-likeness (QED) is 0.754. The molecule has 4 nitrogen and oxygen atoms in total. The molecule has 0 spiro atoms. The molecular formula is C7H4FNO3S2. The van der Waals surface area contributed by atoms with Crippen molar-refractivity contribution in [3.8, 4) is 0 Å². The third kappa shape index (κ3) is 1.55. The molecule has 0 aliphatic heterocycles. The van der Waals surface area contributed by atoms with E-state index in [1.165, 1.54) is 6.07 Å². The maximum Gasteiger partial charge on any atom is 0.332 e. The summed E-state index contributed by atoms with van der Waals surface area (Å²) in [6.45, 7) is 0. The third-order valence-corrected chi connectivity index (χ3v) is 3.34. The summed E-state index contributed by atoms with van der Waals surface area (Å²) in [5, 5.41) is 0. The van der Waals surface area contributed by atoms with Crippen LogP contribution in [0.15, 0.2) is 27.9 Å². The van der Waals surface area contributed by atoms with Gasteiger partial charge in [0.2, 0.25) is 0 Å². The van der Waals surface area contributed by atoms with Gasteiger partial charge >= 0.3 is 15.1 Å². The van der Waals surface area contributed by atoms with Crippen LogP contribution in [0.2, 0.25) is 0 Å². The number of aromatic amines is 1. The molecule has 7 heteroatoms. The van der Waals surface area contributed by atoms with Gasteiger partial charge in [-0.1, -0.05) is 11.3 Å². The van der Waals surface area contributed by atoms with Crippen molar-refractivity contribution in [1.29, 1.82) is 0 Å². The van der Waals surface area contributed by atoms with E-state index >= 15 is 0 Å². The molecule has 2 rings (SSSR count). The molecule has 0 unspecified atom stereocenters. The van der Waals surface area contributed by atoms with Crippen LogP contribution in [0.4, 0.5) is 3.89 Å². The molecule has 0 bridgehead atoms. The molecule has 0 aliphatic carbocycles. The van der Waals surface area contributed by atoms with Crippen molar-refractivity contribution in [2.75, 3.05) is 0 Å². The minimum absolute atomic E-state index is 0.298. The lowest BCUT2D eigenvalue weighted by Crippen LogP contribution is -1.91. The number of fused-ring (bicyclic) bond motifs is 1. The van der Waals surface area contributed by atoms with Gasteiger partial charge < -0.3 is 4.98 Å². The first kappa shape index (κ1) is 9.35. The van der Waals surface area contributed by atoms with Crippen molar-refractivity contribution in [3.05, 3.63) is 27.9 Å². The molecule has 0 aliphatic rings. The monoisotopic (exact) mass is 233 g/mol. The zero-order chi connectivity index (χ0) is 10.3. The molecule has 1 aromatic heterocycles. The highest BCUT2D eigenvalue weighted by atomic mass is 32.3. The highest BCUT2D eigenvalue weighted by Crippen LogP contribution is 2.20. The number of nitrogens with one attached hydrogen (secondary N) is 1. The second kappa shape index (κ2) is 2.89. The summed E-state index contributed by atoms with van der Waals surface area (Å²) in [4.78, 5) is 12.6. The van der Waals surface area contributed by atoms with Crippen LogP contribution in [0.5, 0.6) is 0 Å². The van der Waals surface area contributed by atoms with Gasteiger partial charge in [0.1, 0.15) is 4.90 Å². The fourth-order valence-electron chi connectivity index (χ4n) is 1.08. The zero-order valence-electron chi connectivity index (χ0n) is 6.65. The van der Waals surface area contributed by atoms with Crippen molar-refractivity contribution in [2.45, 2.75) is 4.90 Å². The Hall–Kier alpha value is -1.21. The molecule has 0 amide bonds. The predicted molar refractivity (Wildman–Crippen MR) is 50.7 cm³/mol.